The Labute approximate surface area is 323 Å². The van der Waals surface area contributed by atoms with Crippen LogP contribution in [0.2, 0.25) is 0 Å². The van der Waals surface area contributed by atoms with Crippen LogP contribution < -0.4 is 0 Å². The van der Waals surface area contributed by atoms with Crippen molar-refractivity contribution in [3.05, 3.63) is 206 Å². The average molecular weight is 721 g/mol. The molecule has 0 aliphatic heterocycles. The van der Waals surface area contributed by atoms with E-state index in [0.29, 0.717) is 23.0 Å². The zero-order valence-corrected chi connectivity index (χ0v) is 30.2. The minimum Gasteiger partial charge on any atom is -0.309 e. The molecule has 10 rings (SSSR count). The van der Waals surface area contributed by atoms with E-state index >= 15 is 4.39 Å². The van der Waals surface area contributed by atoms with Crippen LogP contribution in [0, 0.1) is 5.82 Å². The SMILES string of the molecule is Fc1ccccc1-c1ccc(-c2nc(-c3ccccc3)nc(-c3ccccc3)n2)cc1-n1c2cc(-c3ccccc3)ccc2c2ccc(-c3ccccc3)cc21. The third kappa shape index (κ3) is 6.02. The predicted octanol–water partition coefficient (Wildman–Crippen LogP) is 13.1. The number of hydrogen-bond donors (Lipinski definition) is 0. The molecular formula is C51H33FN4. The van der Waals surface area contributed by atoms with E-state index in [-0.39, 0.29) is 5.82 Å². The summed E-state index contributed by atoms with van der Waals surface area (Å²) >= 11 is 0. The zero-order valence-electron chi connectivity index (χ0n) is 30.2. The Kier molecular flexibility index (Phi) is 8.30. The van der Waals surface area contributed by atoms with Crippen LogP contribution >= 0.6 is 0 Å². The number of aromatic nitrogens is 4. The first-order valence-electron chi connectivity index (χ1n) is 18.6. The molecule has 56 heavy (non-hydrogen) atoms. The van der Waals surface area contributed by atoms with Crippen LogP contribution in [0.4, 0.5) is 4.39 Å². The molecule has 0 radical (unpaired) electrons. The second-order valence-corrected chi connectivity index (χ2v) is 13.8. The third-order valence-corrected chi connectivity index (χ3v) is 10.3. The molecule has 2 aromatic heterocycles. The molecule has 0 spiro atoms. The van der Waals surface area contributed by atoms with E-state index < -0.39 is 0 Å². The molecule has 0 unspecified atom stereocenters. The Hall–Kier alpha value is -7.50. The van der Waals surface area contributed by atoms with E-state index in [9.17, 15) is 0 Å². The lowest BCUT2D eigenvalue weighted by Crippen LogP contribution is -2.03. The molecule has 5 heteroatoms. The van der Waals surface area contributed by atoms with E-state index in [0.717, 1.165) is 72.0 Å². The van der Waals surface area contributed by atoms with Gasteiger partial charge in [0.15, 0.2) is 17.5 Å². The summed E-state index contributed by atoms with van der Waals surface area (Å²) in [5.74, 6) is 1.38. The molecule has 10 aromatic rings. The van der Waals surface area contributed by atoms with E-state index in [1.807, 2.05) is 97.1 Å². The summed E-state index contributed by atoms with van der Waals surface area (Å²) in [7, 11) is 0. The van der Waals surface area contributed by atoms with Crippen molar-refractivity contribution in [3.8, 4) is 73.2 Å². The quantitative estimate of drug-likeness (QED) is 0.165. The van der Waals surface area contributed by atoms with Crippen molar-refractivity contribution in [1.29, 1.82) is 0 Å². The topological polar surface area (TPSA) is 43.6 Å². The predicted molar refractivity (Wildman–Crippen MR) is 227 cm³/mol. The molecule has 0 fully saturated rings. The van der Waals surface area contributed by atoms with Gasteiger partial charge in [-0.15, -0.1) is 0 Å². The monoisotopic (exact) mass is 720 g/mol. The zero-order chi connectivity index (χ0) is 37.4. The summed E-state index contributed by atoms with van der Waals surface area (Å²) in [5, 5.41) is 2.20. The van der Waals surface area contributed by atoms with E-state index in [1.165, 1.54) is 6.07 Å². The number of hydrogen-bond acceptors (Lipinski definition) is 3. The minimum atomic E-state index is -0.296. The van der Waals surface area contributed by atoms with Gasteiger partial charge in [-0.3, -0.25) is 0 Å². The maximum absolute atomic E-state index is 16.0. The molecule has 0 amide bonds. The third-order valence-electron chi connectivity index (χ3n) is 10.3. The Balaban J connectivity index is 1.29. The summed E-state index contributed by atoms with van der Waals surface area (Å²) < 4.78 is 18.2. The van der Waals surface area contributed by atoms with E-state index in [2.05, 4.69) is 95.6 Å². The summed E-state index contributed by atoms with van der Waals surface area (Å²) in [4.78, 5) is 15.1. The molecule has 0 saturated heterocycles. The summed E-state index contributed by atoms with van der Waals surface area (Å²) in [5.41, 5.74) is 11.1. The summed E-state index contributed by atoms with van der Waals surface area (Å²) in [6, 6.07) is 67.1. The van der Waals surface area contributed by atoms with Crippen LogP contribution in [0.3, 0.4) is 0 Å². The number of halogens is 1. The van der Waals surface area contributed by atoms with Gasteiger partial charge in [-0.1, -0.05) is 176 Å². The highest BCUT2D eigenvalue weighted by Crippen LogP contribution is 2.41. The molecule has 0 saturated carbocycles. The van der Waals surface area contributed by atoms with Crippen molar-refractivity contribution >= 4 is 21.8 Å². The van der Waals surface area contributed by atoms with Gasteiger partial charge in [0.1, 0.15) is 5.82 Å². The van der Waals surface area contributed by atoms with Gasteiger partial charge in [-0.2, -0.15) is 0 Å². The van der Waals surface area contributed by atoms with E-state index in [1.54, 1.807) is 6.07 Å². The normalized spacial score (nSPS) is 11.3. The van der Waals surface area contributed by atoms with Gasteiger partial charge in [0.2, 0.25) is 0 Å². The highest BCUT2D eigenvalue weighted by Gasteiger charge is 2.21. The first-order valence-corrected chi connectivity index (χ1v) is 18.6. The first-order chi connectivity index (χ1) is 27.7. The fourth-order valence-electron chi connectivity index (χ4n) is 7.60. The van der Waals surface area contributed by atoms with Crippen molar-refractivity contribution < 1.29 is 4.39 Å². The Morgan fingerprint density at radius 1 is 0.321 bits per heavy atom. The van der Waals surface area contributed by atoms with Crippen molar-refractivity contribution in [1.82, 2.24) is 19.5 Å². The lowest BCUT2D eigenvalue weighted by Gasteiger charge is -2.17. The maximum Gasteiger partial charge on any atom is 0.164 e. The molecule has 0 atom stereocenters. The van der Waals surface area contributed by atoms with Gasteiger partial charge in [-0.05, 0) is 46.5 Å². The van der Waals surface area contributed by atoms with Crippen LogP contribution in [0.25, 0.3) is 95.0 Å². The largest absolute Gasteiger partial charge is 0.309 e. The fourth-order valence-corrected chi connectivity index (χ4v) is 7.60. The van der Waals surface area contributed by atoms with Crippen LogP contribution in [-0.2, 0) is 0 Å². The van der Waals surface area contributed by atoms with Gasteiger partial charge in [-0.25, -0.2) is 19.3 Å². The number of benzene rings is 8. The lowest BCUT2D eigenvalue weighted by atomic mass is 9.99. The first kappa shape index (κ1) is 33.1. The van der Waals surface area contributed by atoms with Crippen molar-refractivity contribution in [2.75, 3.05) is 0 Å². The number of rotatable bonds is 7. The Morgan fingerprint density at radius 3 is 1.21 bits per heavy atom. The van der Waals surface area contributed by atoms with E-state index in [4.69, 9.17) is 15.0 Å². The van der Waals surface area contributed by atoms with Gasteiger partial charge in [0.05, 0.1) is 16.7 Å². The highest BCUT2D eigenvalue weighted by atomic mass is 19.1. The molecule has 264 valence electrons. The average Bonchev–Trinajstić information content (AvgIpc) is 3.60. The molecular weight excluding hydrogens is 688 g/mol. The second kappa shape index (κ2) is 14.0. The Bertz CT molecular complexity index is 2860. The van der Waals surface area contributed by atoms with Crippen molar-refractivity contribution in [2.45, 2.75) is 0 Å². The summed E-state index contributed by atoms with van der Waals surface area (Å²) in [6.07, 6.45) is 0. The fraction of sp³-hybridized carbons (Fsp3) is 0. The Morgan fingerprint density at radius 2 is 0.732 bits per heavy atom. The molecule has 2 heterocycles. The van der Waals surface area contributed by atoms with Crippen LogP contribution in [0.1, 0.15) is 0 Å². The standard InChI is InChI=1S/C51H33FN4/c52-45-24-14-13-23-41(45)42-30-27-40(51-54-49(36-19-9-3-10-20-36)53-50(55-51)37-21-11-4-12-22-37)33-48(42)56-46-31-38(34-15-5-1-6-16-34)25-28-43(46)44-29-26-39(32-47(44)56)35-17-7-2-8-18-35/h1-33H. The molecule has 4 nitrogen and oxygen atoms in total. The van der Waals surface area contributed by atoms with Gasteiger partial charge >= 0.3 is 0 Å². The second-order valence-electron chi connectivity index (χ2n) is 13.8. The van der Waals surface area contributed by atoms with Crippen LogP contribution in [0.15, 0.2) is 200 Å². The van der Waals surface area contributed by atoms with Gasteiger partial charge in [0, 0.05) is 38.6 Å². The summed E-state index contributed by atoms with van der Waals surface area (Å²) in [6.45, 7) is 0. The van der Waals surface area contributed by atoms with Crippen molar-refractivity contribution in [2.24, 2.45) is 0 Å². The molecule has 0 N–H and O–H groups in total. The molecule has 0 aliphatic carbocycles. The minimum absolute atomic E-state index is 0.296. The molecule has 0 bridgehead atoms. The molecule has 8 aromatic carbocycles. The van der Waals surface area contributed by atoms with Crippen LogP contribution in [-0.4, -0.2) is 19.5 Å². The van der Waals surface area contributed by atoms with Crippen molar-refractivity contribution in [3.63, 3.8) is 0 Å². The number of fused-ring (bicyclic) bond motifs is 3. The van der Waals surface area contributed by atoms with Gasteiger partial charge in [0.25, 0.3) is 0 Å². The maximum atomic E-state index is 16.0. The van der Waals surface area contributed by atoms with Crippen LogP contribution in [0.5, 0.6) is 0 Å². The molecule has 0 aliphatic rings. The van der Waals surface area contributed by atoms with Gasteiger partial charge < -0.3 is 4.57 Å². The highest BCUT2D eigenvalue weighted by molar-refractivity contribution is 6.11. The number of nitrogens with zero attached hydrogens (tertiary/aromatic N) is 4. The smallest absolute Gasteiger partial charge is 0.164 e. The lowest BCUT2D eigenvalue weighted by molar-refractivity contribution is 0.631.